The van der Waals surface area contributed by atoms with Crippen LogP contribution in [0.2, 0.25) is 0 Å². The minimum atomic E-state index is -0.256. The highest BCUT2D eigenvalue weighted by Gasteiger charge is 2.44. The van der Waals surface area contributed by atoms with E-state index in [1.165, 1.54) is 17.9 Å². The zero-order valence-corrected chi connectivity index (χ0v) is 15.0. The normalized spacial score (nSPS) is 27.0. The summed E-state index contributed by atoms with van der Waals surface area (Å²) in [4.78, 5) is 0. The zero-order valence-electron chi connectivity index (χ0n) is 13.4. The van der Waals surface area contributed by atoms with Gasteiger partial charge in [-0.2, -0.15) is 0 Å². The first-order valence-electron chi connectivity index (χ1n) is 7.75. The van der Waals surface area contributed by atoms with Gasteiger partial charge in [0.15, 0.2) is 6.29 Å². The molecule has 1 unspecified atom stereocenters. The highest BCUT2D eigenvalue weighted by atomic mass is 32.2. The van der Waals surface area contributed by atoms with E-state index in [9.17, 15) is 0 Å². The smallest absolute Gasteiger partial charge is 0.184 e. The molecule has 2 atom stereocenters. The van der Waals surface area contributed by atoms with Crippen molar-refractivity contribution in [3.63, 3.8) is 0 Å². The lowest BCUT2D eigenvalue weighted by Gasteiger charge is -2.39. The van der Waals surface area contributed by atoms with Crippen LogP contribution >= 0.6 is 23.5 Å². The van der Waals surface area contributed by atoms with Gasteiger partial charge in [0, 0.05) is 11.0 Å². The van der Waals surface area contributed by atoms with Crippen molar-refractivity contribution in [3.05, 3.63) is 29.8 Å². The van der Waals surface area contributed by atoms with E-state index in [2.05, 4.69) is 37.4 Å². The molecule has 0 bridgehead atoms. The average molecular weight is 341 g/mol. The predicted octanol–water partition coefficient (Wildman–Crippen LogP) is 4.33. The molecule has 0 spiro atoms. The minimum absolute atomic E-state index is 0.108. The van der Waals surface area contributed by atoms with Gasteiger partial charge >= 0.3 is 0 Å². The van der Waals surface area contributed by atoms with Gasteiger partial charge in [-0.25, -0.2) is 0 Å². The summed E-state index contributed by atoms with van der Waals surface area (Å²) in [6.07, 6.45) is 1.20. The summed E-state index contributed by atoms with van der Waals surface area (Å²) in [5.74, 6) is 3.38. The fourth-order valence-electron chi connectivity index (χ4n) is 2.80. The van der Waals surface area contributed by atoms with Crippen LogP contribution in [-0.4, -0.2) is 35.9 Å². The second-order valence-corrected chi connectivity index (χ2v) is 9.04. The van der Waals surface area contributed by atoms with Gasteiger partial charge in [0.2, 0.25) is 0 Å². The van der Waals surface area contributed by atoms with Crippen LogP contribution in [0.5, 0.6) is 5.75 Å². The number of hydrogen-bond acceptors (Lipinski definition) is 5. The summed E-state index contributed by atoms with van der Waals surface area (Å²) in [6, 6.07) is 7.94. The zero-order chi connectivity index (χ0) is 15.6. The number of thioether (sulfide) groups is 2. The highest BCUT2D eigenvalue weighted by molar-refractivity contribution is 8.17. The molecule has 0 aliphatic carbocycles. The molecule has 0 amide bonds. The van der Waals surface area contributed by atoms with Crippen LogP contribution in [0.1, 0.15) is 32.1 Å². The molecule has 3 nitrogen and oxygen atoms in total. The third kappa shape index (κ3) is 3.42. The van der Waals surface area contributed by atoms with Crippen molar-refractivity contribution in [3.8, 4) is 5.75 Å². The maximum absolute atomic E-state index is 6.25. The molecule has 0 aromatic heterocycles. The van der Waals surface area contributed by atoms with Crippen LogP contribution in [0.15, 0.2) is 24.3 Å². The van der Waals surface area contributed by atoms with Crippen molar-refractivity contribution < 1.29 is 14.2 Å². The van der Waals surface area contributed by atoms with Crippen LogP contribution in [0.3, 0.4) is 0 Å². The maximum atomic E-state index is 6.25. The topological polar surface area (TPSA) is 27.7 Å². The van der Waals surface area contributed by atoms with Gasteiger partial charge in [-0.1, -0.05) is 26.0 Å². The monoisotopic (exact) mass is 340 g/mol. The molecule has 2 fully saturated rings. The van der Waals surface area contributed by atoms with E-state index in [0.717, 1.165) is 11.3 Å². The first kappa shape index (κ1) is 16.5. The number of ether oxygens (including phenoxy) is 3. The van der Waals surface area contributed by atoms with Crippen molar-refractivity contribution in [2.45, 2.75) is 37.2 Å². The van der Waals surface area contributed by atoms with E-state index in [4.69, 9.17) is 14.2 Å². The molecule has 1 aromatic carbocycles. The molecule has 0 radical (unpaired) electrons. The van der Waals surface area contributed by atoms with Gasteiger partial charge in [0.25, 0.3) is 0 Å². The van der Waals surface area contributed by atoms with Gasteiger partial charge in [-0.05, 0) is 30.1 Å². The standard InChI is InChI=1S/C17H24O3S2/c1-17(2,16-21-9-4-10-22-16)14-11-19-15(20-14)12-5-7-13(18-3)8-6-12/h5-8,14-16H,4,9-11H2,1-3H3/t14-,15?/m1/s1. The fraction of sp³-hybridized carbons (Fsp3) is 0.647. The molecular formula is C17H24O3S2. The highest BCUT2D eigenvalue weighted by Crippen LogP contribution is 2.48. The molecule has 1 aromatic rings. The van der Waals surface area contributed by atoms with Gasteiger partial charge in [0.1, 0.15) is 5.75 Å². The summed E-state index contributed by atoms with van der Waals surface area (Å²) in [6.45, 7) is 5.29. The second kappa shape index (κ2) is 7.04. The van der Waals surface area contributed by atoms with Crippen LogP contribution < -0.4 is 4.74 Å². The quantitative estimate of drug-likeness (QED) is 0.813. The van der Waals surface area contributed by atoms with Crippen LogP contribution in [0.25, 0.3) is 0 Å². The summed E-state index contributed by atoms with van der Waals surface area (Å²) >= 11 is 4.14. The Labute approximate surface area is 141 Å². The van der Waals surface area contributed by atoms with E-state index in [0.29, 0.717) is 11.2 Å². The predicted molar refractivity (Wildman–Crippen MR) is 93.7 cm³/mol. The van der Waals surface area contributed by atoms with E-state index in [1.54, 1.807) is 7.11 Å². The average Bonchev–Trinajstić information content (AvgIpc) is 3.06. The lowest BCUT2D eigenvalue weighted by Crippen LogP contribution is -2.40. The van der Waals surface area contributed by atoms with Crippen molar-refractivity contribution >= 4 is 23.5 Å². The lowest BCUT2D eigenvalue weighted by molar-refractivity contribution is -0.0788. The Morgan fingerprint density at radius 2 is 1.82 bits per heavy atom. The molecular weight excluding hydrogens is 316 g/mol. The number of methoxy groups -OCH3 is 1. The molecule has 3 rings (SSSR count). The van der Waals surface area contributed by atoms with Crippen molar-refractivity contribution in [1.29, 1.82) is 0 Å². The molecule has 2 aliphatic rings. The molecule has 0 N–H and O–H groups in total. The van der Waals surface area contributed by atoms with Gasteiger partial charge < -0.3 is 14.2 Å². The van der Waals surface area contributed by atoms with Crippen LogP contribution in [0.4, 0.5) is 0 Å². The second-order valence-electron chi connectivity index (χ2n) is 6.31. The summed E-state index contributed by atoms with van der Waals surface area (Å²) in [5.41, 5.74) is 1.17. The van der Waals surface area contributed by atoms with Crippen LogP contribution in [0, 0.1) is 5.41 Å². The van der Waals surface area contributed by atoms with Crippen molar-refractivity contribution in [2.75, 3.05) is 25.2 Å². The Morgan fingerprint density at radius 1 is 1.14 bits per heavy atom. The summed E-state index contributed by atoms with van der Waals surface area (Å²) in [5, 5.41) is 0. The molecule has 22 heavy (non-hydrogen) atoms. The summed E-state index contributed by atoms with van der Waals surface area (Å²) in [7, 11) is 1.68. The Kier molecular flexibility index (Phi) is 5.28. The minimum Gasteiger partial charge on any atom is -0.497 e. The molecule has 2 aliphatic heterocycles. The van der Waals surface area contributed by atoms with Gasteiger partial charge in [0.05, 0.1) is 24.4 Å². The fourth-order valence-corrected chi connectivity index (χ4v) is 6.16. The van der Waals surface area contributed by atoms with Crippen LogP contribution in [-0.2, 0) is 9.47 Å². The number of benzene rings is 1. The Bertz CT molecular complexity index is 483. The maximum Gasteiger partial charge on any atom is 0.184 e. The van der Waals surface area contributed by atoms with Gasteiger partial charge in [-0.3, -0.25) is 0 Å². The molecule has 5 heteroatoms. The largest absolute Gasteiger partial charge is 0.497 e. The van der Waals surface area contributed by atoms with E-state index in [-0.39, 0.29) is 17.8 Å². The molecule has 2 saturated heterocycles. The SMILES string of the molecule is COc1ccc(C2OC[C@H](C(C)(C)C3SCCCS3)O2)cc1. The Morgan fingerprint density at radius 3 is 2.45 bits per heavy atom. The first-order chi connectivity index (χ1) is 10.6. The molecule has 0 saturated carbocycles. The van der Waals surface area contributed by atoms with E-state index >= 15 is 0 Å². The number of rotatable bonds is 4. The molecule has 122 valence electrons. The Hall–Kier alpha value is -0.360. The summed E-state index contributed by atoms with van der Waals surface area (Å²) < 4.78 is 18.0. The van der Waals surface area contributed by atoms with E-state index in [1.807, 2.05) is 24.3 Å². The van der Waals surface area contributed by atoms with E-state index < -0.39 is 0 Å². The third-order valence-electron chi connectivity index (χ3n) is 4.34. The van der Waals surface area contributed by atoms with Crippen molar-refractivity contribution in [2.24, 2.45) is 5.41 Å². The van der Waals surface area contributed by atoms with Crippen molar-refractivity contribution in [1.82, 2.24) is 0 Å². The first-order valence-corrected chi connectivity index (χ1v) is 9.85. The number of hydrogen-bond donors (Lipinski definition) is 0. The third-order valence-corrected chi connectivity index (χ3v) is 8.02. The lowest BCUT2D eigenvalue weighted by atomic mass is 9.89. The molecule has 2 heterocycles. The van der Waals surface area contributed by atoms with Gasteiger partial charge in [-0.15, -0.1) is 23.5 Å². The Balaban J connectivity index is 1.65.